The Labute approximate surface area is 114 Å². The SMILES string of the molecule is Cc1cccnc1NC(=O)C1(CN)CCCCCC1. The standard InChI is InChI=1S/C15H23N3O/c1-12-7-6-10-17-13(12)18-14(19)15(11-16)8-4-2-3-5-9-15/h6-7,10H,2-5,8-9,11,16H2,1H3,(H,17,18,19). The zero-order valence-electron chi connectivity index (χ0n) is 11.6. The highest BCUT2D eigenvalue weighted by Crippen LogP contribution is 2.35. The van der Waals surface area contributed by atoms with E-state index < -0.39 is 5.41 Å². The van der Waals surface area contributed by atoms with E-state index in [4.69, 9.17) is 5.73 Å². The van der Waals surface area contributed by atoms with Crippen molar-refractivity contribution >= 4 is 11.7 Å². The Morgan fingerprint density at radius 1 is 1.37 bits per heavy atom. The average Bonchev–Trinajstić information content (AvgIpc) is 2.67. The van der Waals surface area contributed by atoms with Gasteiger partial charge in [0.25, 0.3) is 0 Å². The number of amides is 1. The summed E-state index contributed by atoms with van der Waals surface area (Å²) >= 11 is 0. The number of nitrogens with two attached hydrogens (primary N) is 1. The van der Waals surface area contributed by atoms with Gasteiger partial charge < -0.3 is 11.1 Å². The first-order valence-electron chi connectivity index (χ1n) is 7.11. The summed E-state index contributed by atoms with van der Waals surface area (Å²) in [4.78, 5) is 16.8. The van der Waals surface area contributed by atoms with Crippen molar-refractivity contribution in [3.8, 4) is 0 Å². The fraction of sp³-hybridized carbons (Fsp3) is 0.600. The van der Waals surface area contributed by atoms with Crippen LogP contribution in [-0.4, -0.2) is 17.4 Å². The quantitative estimate of drug-likeness (QED) is 0.822. The molecule has 104 valence electrons. The van der Waals surface area contributed by atoms with Gasteiger partial charge in [0.15, 0.2) is 0 Å². The summed E-state index contributed by atoms with van der Waals surface area (Å²) < 4.78 is 0. The highest BCUT2D eigenvalue weighted by atomic mass is 16.2. The number of anilines is 1. The molecule has 1 heterocycles. The third-order valence-corrected chi connectivity index (χ3v) is 4.17. The first kappa shape index (κ1) is 14.0. The zero-order chi connectivity index (χ0) is 13.7. The van der Waals surface area contributed by atoms with Crippen molar-refractivity contribution < 1.29 is 4.79 Å². The topological polar surface area (TPSA) is 68.0 Å². The second-order valence-corrected chi connectivity index (χ2v) is 5.52. The van der Waals surface area contributed by atoms with Crippen LogP contribution in [0.2, 0.25) is 0 Å². The molecule has 3 N–H and O–H groups in total. The van der Waals surface area contributed by atoms with Gasteiger partial charge in [-0.15, -0.1) is 0 Å². The lowest BCUT2D eigenvalue weighted by atomic mass is 9.79. The van der Waals surface area contributed by atoms with Crippen molar-refractivity contribution in [1.29, 1.82) is 0 Å². The van der Waals surface area contributed by atoms with Crippen molar-refractivity contribution in [2.45, 2.75) is 45.4 Å². The normalized spacial score (nSPS) is 18.6. The molecule has 2 rings (SSSR count). The molecule has 0 aliphatic heterocycles. The second kappa shape index (κ2) is 6.15. The highest BCUT2D eigenvalue weighted by Gasteiger charge is 2.37. The fourth-order valence-electron chi connectivity index (χ4n) is 2.79. The smallest absolute Gasteiger partial charge is 0.233 e. The van der Waals surface area contributed by atoms with Gasteiger partial charge in [-0.25, -0.2) is 4.98 Å². The molecule has 4 heteroatoms. The van der Waals surface area contributed by atoms with Crippen LogP contribution >= 0.6 is 0 Å². The summed E-state index contributed by atoms with van der Waals surface area (Å²) in [6.45, 7) is 2.37. The molecule has 0 radical (unpaired) electrons. The second-order valence-electron chi connectivity index (χ2n) is 5.52. The molecular formula is C15H23N3O. The van der Waals surface area contributed by atoms with Gasteiger partial charge in [0, 0.05) is 12.7 Å². The number of aromatic nitrogens is 1. The molecule has 4 nitrogen and oxygen atoms in total. The van der Waals surface area contributed by atoms with Gasteiger partial charge in [-0.05, 0) is 31.4 Å². The van der Waals surface area contributed by atoms with E-state index in [2.05, 4.69) is 10.3 Å². The number of nitrogens with one attached hydrogen (secondary N) is 1. The minimum atomic E-state index is -0.402. The Morgan fingerprint density at radius 2 is 2.05 bits per heavy atom. The van der Waals surface area contributed by atoms with E-state index in [1.165, 1.54) is 12.8 Å². The lowest BCUT2D eigenvalue weighted by Gasteiger charge is -2.29. The summed E-state index contributed by atoms with van der Waals surface area (Å²) in [6.07, 6.45) is 8.07. The van der Waals surface area contributed by atoms with E-state index in [0.717, 1.165) is 31.2 Å². The first-order valence-corrected chi connectivity index (χ1v) is 7.11. The molecule has 19 heavy (non-hydrogen) atoms. The number of rotatable bonds is 3. The average molecular weight is 261 g/mol. The van der Waals surface area contributed by atoms with E-state index in [9.17, 15) is 4.79 Å². The third-order valence-electron chi connectivity index (χ3n) is 4.17. The Kier molecular flexibility index (Phi) is 4.53. The van der Waals surface area contributed by atoms with Gasteiger partial charge in [-0.1, -0.05) is 31.7 Å². The molecule has 1 aromatic heterocycles. The molecule has 0 unspecified atom stereocenters. The molecule has 0 bridgehead atoms. The molecule has 0 aromatic carbocycles. The maximum absolute atomic E-state index is 12.6. The van der Waals surface area contributed by atoms with Gasteiger partial charge in [0.1, 0.15) is 5.82 Å². The first-order chi connectivity index (χ1) is 9.18. The van der Waals surface area contributed by atoms with Crippen molar-refractivity contribution in [3.05, 3.63) is 23.9 Å². The number of hydrogen-bond acceptors (Lipinski definition) is 3. The molecule has 1 saturated carbocycles. The predicted molar refractivity (Wildman–Crippen MR) is 76.8 cm³/mol. The van der Waals surface area contributed by atoms with Gasteiger partial charge >= 0.3 is 0 Å². The van der Waals surface area contributed by atoms with Gasteiger partial charge in [0.05, 0.1) is 5.41 Å². The molecule has 1 aliphatic rings. The van der Waals surface area contributed by atoms with E-state index in [1.807, 2.05) is 19.1 Å². The monoisotopic (exact) mass is 261 g/mol. The maximum Gasteiger partial charge on any atom is 0.233 e. The van der Waals surface area contributed by atoms with Crippen LogP contribution in [0.5, 0.6) is 0 Å². The Bertz CT molecular complexity index is 437. The number of hydrogen-bond donors (Lipinski definition) is 2. The van der Waals surface area contributed by atoms with Crippen molar-refractivity contribution in [1.82, 2.24) is 4.98 Å². The maximum atomic E-state index is 12.6. The lowest BCUT2D eigenvalue weighted by molar-refractivity contribution is -0.125. The third kappa shape index (κ3) is 3.13. The summed E-state index contributed by atoms with van der Waals surface area (Å²) in [5.41, 5.74) is 6.50. The van der Waals surface area contributed by atoms with Crippen molar-refractivity contribution in [2.24, 2.45) is 11.1 Å². The van der Waals surface area contributed by atoms with E-state index >= 15 is 0 Å². The van der Waals surface area contributed by atoms with Crippen LogP contribution in [0.1, 0.15) is 44.1 Å². The van der Waals surface area contributed by atoms with Crippen LogP contribution < -0.4 is 11.1 Å². The molecular weight excluding hydrogens is 238 g/mol. The zero-order valence-corrected chi connectivity index (χ0v) is 11.6. The van der Waals surface area contributed by atoms with Crippen LogP contribution in [0.3, 0.4) is 0 Å². The molecule has 1 amide bonds. The van der Waals surface area contributed by atoms with E-state index in [-0.39, 0.29) is 5.91 Å². The summed E-state index contributed by atoms with van der Waals surface area (Å²) in [5.74, 6) is 0.697. The Hall–Kier alpha value is -1.42. The number of nitrogens with zero attached hydrogens (tertiary/aromatic N) is 1. The molecule has 0 saturated heterocycles. The van der Waals surface area contributed by atoms with Crippen LogP contribution in [0, 0.1) is 12.3 Å². The van der Waals surface area contributed by atoms with Crippen LogP contribution in [0.4, 0.5) is 5.82 Å². The summed E-state index contributed by atoms with van der Waals surface area (Å²) in [7, 11) is 0. The number of carbonyl (C=O) groups is 1. The fourth-order valence-corrected chi connectivity index (χ4v) is 2.79. The molecule has 1 aromatic rings. The minimum Gasteiger partial charge on any atom is -0.329 e. The van der Waals surface area contributed by atoms with Crippen LogP contribution in [0.15, 0.2) is 18.3 Å². The number of carbonyl (C=O) groups excluding carboxylic acids is 1. The molecule has 1 fully saturated rings. The highest BCUT2D eigenvalue weighted by molar-refractivity contribution is 5.95. The Balaban J connectivity index is 2.14. The molecule has 1 aliphatic carbocycles. The largest absolute Gasteiger partial charge is 0.329 e. The molecule has 0 atom stereocenters. The minimum absolute atomic E-state index is 0.0405. The Morgan fingerprint density at radius 3 is 2.63 bits per heavy atom. The number of pyridine rings is 1. The summed E-state index contributed by atoms with van der Waals surface area (Å²) in [5, 5.41) is 2.97. The van der Waals surface area contributed by atoms with Gasteiger partial charge in [-0.2, -0.15) is 0 Å². The van der Waals surface area contributed by atoms with Gasteiger partial charge in [0.2, 0.25) is 5.91 Å². The van der Waals surface area contributed by atoms with Crippen LogP contribution in [-0.2, 0) is 4.79 Å². The lowest BCUT2D eigenvalue weighted by Crippen LogP contribution is -2.42. The number of aryl methyl sites for hydroxylation is 1. The van der Waals surface area contributed by atoms with Crippen molar-refractivity contribution in [3.63, 3.8) is 0 Å². The van der Waals surface area contributed by atoms with E-state index in [1.54, 1.807) is 6.20 Å². The summed E-state index contributed by atoms with van der Waals surface area (Å²) in [6, 6.07) is 3.82. The molecule has 0 spiro atoms. The van der Waals surface area contributed by atoms with Gasteiger partial charge in [-0.3, -0.25) is 4.79 Å². The van der Waals surface area contributed by atoms with Crippen LogP contribution in [0.25, 0.3) is 0 Å². The van der Waals surface area contributed by atoms with Crippen molar-refractivity contribution in [2.75, 3.05) is 11.9 Å². The van der Waals surface area contributed by atoms with E-state index in [0.29, 0.717) is 12.4 Å². The predicted octanol–water partition coefficient (Wildman–Crippen LogP) is 2.63.